The van der Waals surface area contributed by atoms with Crippen LogP contribution in [-0.2, 0) is 0 Å². The van der Waals surface area contributed by atoms with E-state index in [0.29, 0.717) is 9.98 Å². The zero-order valence-corrected chi connectivity index (χ0v) is 18.5. The van der Waals surface area contributed by atoms with E-state index in [4.69, 9.17) is 24.4 Å². The Morgan fingerprint density at radius 2 is 1.07 bits per heavy atom. The summed E-state index contributed by atoms with van der Waals surface area (Å²) in [4.78, 5) is 3.39. The molecule has 29 heavy (non-hydrogen) atoms. The summed E-state index contributed by atoms with van der Waals surface area (Å²) in [6.45, 7) is 0. The predicted octanol–water partition coefficient (Wildman–Crippen LogP) is 5.03. The maximum Gasteiger partial charge on any atom is 0.129 e. The van der Waals surface area contributed by atoms with E-state index in [0.717, 1.165) is 20.9 Å². The van der Waals surface area contributed by atoms with E-state index in [9.17, 15) is 0 Å². The van der Waals surface area contributed by atoms with Gasteiger partial charge in [0.25, 0.3) is 0 Å². The Labute approximate surface area is 185 Å². The summed E-state index contributed by atoms with van der Waals surface area (Å²) in [6.07, 6.45) is 3.60. The SMILES string of the molecule is CN(N=Cc1ccc(C=NN(C)C(=S)c2ccccc2)s1)C(=S)c1ccccc1. The fourth-order valence-corrected chi connectivity index (χ4v) is 3.54. The Hall–Kier alpha value is -2.74. The molecule has 3 aromatic rings. The normalized spacial score (nSPS) is 11.1. The minimum atomic E-state index is 0.677. The van der Waals surface area contributed by atoms with Crippen LogP contribution in [0.3, 0.4) is 0 Å². The Morgan fingerprint density at radius 3 is 1.45 bits per heavy atom. The molecule has 0 aliphatic heterocycles. The third kappa shape index (κ3) is 5.87. The van der Waals surface area contributed by atoms with E-state index in [-0.39, 0.29) is 0 Å². The molecule has 146 valence electrons. The van der Waals surface area contributed by atoms with Crippen LogP contribution in [0, 0.1) is 0 Å². The highest BCUT2D eigenvalue weighted by Gasteiger charge is 2.06. The van der Waals surface area contributed by atoms with Crippen LogP contribution < -0.4 is 0 Å². The van der Waals surface area contributed by atoms with Crippen molar-refractivity contribution in [2.75, 3.05) is 14.1 Å². The van der Waals surface area contributed by atoms with E-state index in [1.54, 1.807) is 33.8 Å². The van der Waals surface area contributed by atoms with Crippen LogP contribution >= 0.6 is 35.8 Å². The molecule has 0 N–H and O–H groups in total. The molecular formula is C22H20N4S3. The van der Waals surface area contributed by atoms with Gasteiger partial charge in [-0.2, -0.15) is 10.2 Å². The van der Waals surface area contributed by atoms with Gasteiger partial charge in [0.1, 0.15) is 9.98 Å². The second-order valence-electron chi connectivity index (χ2n) is 6.12. The molecule has 0 radical (unpaired) electrons. The Morgan fingerprint density at radius 1 is 0.690 bits per heavy atom. The average molecular weight is 437 g/mol. The third-order valence-electron chi connectivity index (χ3n) is 3.99. The monoisotopic (exact) mass is 436 g/mol. The van der Waals surface area contributed by atoms with Gasteiger partial charge in [-0.1, -0.05) is 85.1 Å². The molecule has 4 nitrogen and oxygen atoms in total. The molecule has 0 aliphatic rings. The van der Waals surface area contributed by atoms with Crippen LogP contribution in [0.5, 0.6) is 0 Å². The topological polar surface area (TPSA) is 31.2 Å². The maximum absolute atomic E-state index is 5.48. The first-order chi connectivity index (χ1) is 14.0. The van der Waals surface area contributed by atoms with Crippen molar-refractivity contribution >= 4 is 58.2 Å². The number of hydrogen-bond acceptors (Lipinski definition) is 5. The quantitative estimate of drug-likeness (QED) is 0.308. The molecule has 0 amide bonds. The highest BCUT2D eigenvalue weighted by atomic mass is 32.1. The van der Waals surface area contributed by atoms with Crippen molar-refractivity contribution in [3.05, 3.63) is 93.7 Å². The van der Waals surface area contributed by atoms with Crippen molar-refractivity contribution in [1.29, 1.82) is 0 Å². The molecule has 0 saturated carbocycles. The van der Waals surface area contributed by atoms with Crippen molar-refractivity contribution < 1.29 is 0 Å². The van der Waals surface area contributed by atoms with Crippen molar-refractivity contribution in [2.24, 2.45) is 10.2 Å². The first-order valence-electron chi connectivity index (χ1n) is 8.88. The molecule has 0 saturated heterocycles. The predicted molar refractivity (Wildman–Crippen MR) is 131 cm³/mol. The lowest BCUT2D eigenvalue weighted by Gasteiger charge is -2.13. The van der Waals surface area contributed by atoms with Gasteiger partial charge < -0.3 is 0 Å². The van der Waals surface area contributed by atoms with Crippen molar-refractivity contribution in [3.63, 3.8) is 0 Å². The van der Waals surface area contributed by atoms with Gasteiger partial charge in [0, 0.05) is 35.0 Å². The Bertz CT molecular complexity index is 944. The summed E-state index contributed by atoms with van der Waals surface area (Å²) in [5.74, 6) is 0. The summed E-state index contributed by atoms with van der Waals surface area (Å²) < 4.78 is 0. The Kier molecular flexibility index (Phi) is 7.35. The maximum atomic E-state index is 5.48. The summed E-state index contributed by atoms with van der Waals surface area (Å²) in [6, 6.07) is 23.7. The van der Waals surface area contributed by atoms with Crippen molar-refractivity contribution in [3.8, 4) is 0 Å². The van der Waals surface area contributed by atoms with E-state index in [1.807, 2.05) is 86.9 Å². The number of nitrogens with zero attached hydrogens (tertiary/aromatic N) is 4. The molecule has 1 aromatic heterocycles. The van der Waals surface area contributed by atoms with Gasteiger partial charge in [-0.05, 0) is 12.1 Å². The van der Waals surface area contributed by atoms with Gasteiger partial charge >= 0.3 is 0 Å². The molecule has 0 atom stereocenters. The number of thiophene rings is 1. The molecule has 0 bridgehead atoms. The van der Waals surface area contributed by atoms with E-state index < -0.39 is 0 Å². The molecule has 0 aliphatic carbocycles. The number of rotatable bonds is 6. The smallest absolute Gasteiger partial charge is 0.129 e. The van der Waals surface area contributed by atoms with Gasteiger partial charge in [-0.3, -0.25) is 10.0 Å². The number of benzene rings is 2. The van der Waals surface area contributed by atoms with E-state index in [2.05, 4.69) is 10.2 Å². The van der Waals surface area contributed by atoms with Crippen LogP contribution in [-0.4, -0.2) is 46.5 Å². The lowest BCUT2D eigenvalue weighted by atomic mass is 10.2. The zero-order valence-electron chi connectivity index (χ0n) is 16.1. The molecular weight excluding hydrogens is 416 g/mol. The summed E-state index contributed by atoms with van der Waals surface area (Å²) in [5.41, 5.74) is 1.94. The first kappa shape index (κ1) is 21.0. The number of hydrazone groups is 2. The number of thiocarbonyl (C=S) groups is 2. The lowest BCUT2D eigenvalue weighted by molar-refractivity contribution is 0.559. The van der Waals surface area contributed by atoms with Crippen molar-refractivity contribution in [2.45, 2.75) is 0 Å². The van der Waals surface area contributed by atoms with Gasteiger partial charge in [0.15, 0.2) is 0 Å². The van der Waals surface area contributed by atoms with Gasteiger partial charge in [-0.15, -0.1) is 11.3 Å². The van der Waals surface area contributed by atoms with E-state index in [1.165, 1.54) is 0 Å². The lowest BCUT2D eigenvalue weighted by Crippen LogP contribution is -2.20. The van der Waals surface area contributed by atoms with Crippen LogP contribution in [0.15, 0.2) is 83.0 Å². The molecule has 1 heterocycles. The largest absolute Gasteiger partial charge is 0.257 e. The first-order valence-corrected chi connectivity index (χ1v) is 10.5. The van der Waals surface area contributed by atoms with Crippen LogP contribution in [0.1, 0.15) is 20.9 Å². The summed E-state index contributed by atoms with van der Waals surface area (Å²) in [7, 11) is 3.70. The van der Waals surface area contributed by atoms with Crippen LogP contribution in [0.25, 0.3) is 0 Å². The fraction of sp³-hybridized carbons (Fsp3) is 0.0909. The van der Waals surface area contributed by atoms with Crippen LogP contribution in [0.4, 0.5) is 0 Å². The molecule has 7 heteroatoms. The van der Waals surface area contributed by atoms with Gasteiger partial charge in [0.2, 0.25) is 0 Å². The second kappa shape index (κ2) is 10.2. The summed E-state index contributed by atoms with van der Waals surface area (Å²) in [5, 5.41) is 12.3. The molecule has 0 fully saturated rings. The molecule has 0 unspecified atom stereocenters. The minimum Gasteiger partial charge on any atom is -0.257 e. The van der Waals surface area contributed by atoms with Crippen LogP contribution in [0.2, 0.25) is 0 Å². The summed E-state index contributed by atoms with van der Waals surface area (Å²) >= 11 is 12.5. The van der Waals surface area contributed by atoms with Crippen molar-refractivity contribution in [1.82, 2.24) is 10.0 Å². The number of hydrogen-bond donors (Lipinski definition) is 0. The van der Waals surface area contributed by atoms with Gasteiger partial charge in [0.05, 0.1) is 12.4 Å². The molecule has 0 spiro atoms. The molecule has 3 rings (SSSR count). The standard InChI is InChI=1S/C22H20N4S3/c1-25(21(27)17-9-5-3-6-10-17)23-15-19-13-14-20(29-19)16-24-26(2)22(28)18-11-7-4-8-12-18/h3-16H,1-2H3. The molecule has 2 aromatic carbocycles. The highest BCUT2D eigenvalue weighted by Crippen LogP contribution is 2.14. The fourth-order valence-electron chi connectivity index (χ4n) is 2.43. The second-order valence-corrected chi connectivity index (χ2v) is 8.04. The third-order valence-corrected chi connectivity index (χ3v) is 5.95. The van der Waals surface area contributed by atoms with E-state index >= 15 is 0 Å². The zero-order chi connectivity index (χ0) is 20.6. The minimum absolute atomic E-state index is 0.677. The highest BCUT2D eigenvalue weighted by molar-refractivity contribution is 7.80. The Balaban J connectivity index is 1.60. The average Bonchev–Trinajstić information content (AvgIpc) is 3.23. The van der Waals surface area contributed by atoms with Gasteiger partial charge in [-0.25, -0.2) is 0 Å².